The van der Waals surface area contributed by atoms with Crippen LogP contribution in [-0.4, -0.2) is 20.6 Å². The SMILES string of the molecule is CC1(C)CCC(Nc2nc3ccccn3n2)C1. The minimum absolute atomic E-state index is 0.455. The van der Waals surface area contributed by atoms with Crippen LogP contribution in [0.2, 0.25) is 0 Å². The Labute approximate surface area is 101 Å². The first-order chi connectivity index (χ1) is 8.12. The summed E-state index contributed by atoms with van der Waals surface area (Å²) in [5.74, 6) is 0.749. The molecule has 1 unspecified atom stereocenters. The molecule has 0 bridgehead atoms. The van der Waals surface area contributed by atoms with Gasteiger partial charge < -0.3 is 5.32 Å². The lowest BCUT2D eigenvalue weighted by Gasteiger charge is -2.17. The lowest BCUT2D eigenvalue weighted by atomic mass is 9.92. The maximum atomic E-state index is 4.46. The van der Waals surface area contributed by atoms with Crippen LogP contribution < -0.4 is 5.32 Å². The van der Waals surface area contributed by atoms with E-state index in [0.29, 0.717) is 11.5 Å². The molecule has 2 aromatic rings. The number of hydrogen-bond donors (Lipinski definition) is 1. The zero-order chi connectivity index (χ0) is 11.9. The van der Waals surface area contributed by atoms with E-state index in [4.69, 9.17) is 0 Å². The maximum Gasteiger partial charge on any atom is 0.243 e. The van der Waals surface area contributed by atoms with Gasteiger partial charge in [0.2, 0.25) is 5.95 Å². The Hall–Kier alpha value is -1.58. The third-order valence-corrected chi connectivity index (χ3v) is 3.54. The third-order valence-electron chi connectivity index (χ3n) is 3.54. The number of aromatic nitrogens is 3. The molecule has 1 N–H and O–H groups in total. The molecule has 0 amide bonds. The molecule has 90 valence electrons. The predicted molar refractivity (Wildman–Crippen MR) is 68.0 cm³/mol. The zero-order valence-electron chi connectivity index (χ0n) is 10.3. The van der Waals surface area contributed by atoms with Crippen LogP contribution in [0.25, 0.3) is 5.65 Å². The normalized spacial score (nSPS) is 23.1. The fraction of sp³-hybridized carbons (Fsp3) is 0.538. The van der Waals surface area contributed by atoms with Gasteiger partial charge in [0.1, 0.15) is 0 Å². The quantitative estimate of drug-likeness (QED) is 0.862. The molecule has 2 heterocycles. The summed E-state index contributed by atoms with van der Waals surface area (Å²) < 4.78 is 1.81. The highest BCUT2D eigenvalue weighted by atomic mass is 15.3. The van der Waals surface area contributed by atoms with Crippen molar-refractivity contribution in [3.63, 3.8) is 0 Å². The first kappa shape index (κ1) is 10.6. The average molecular weight is 230 g/mol. The van der Waals surface area contributed by atoms with Crippen LogP contribution in [0.5, 0.6) is 0 Å². The minimum Gasteiger partial charge on any atom is -0.350 e. The lowest BCUT2D eigenvalue weighted by molar-refractivity contribution is 0.378. The van der Waals surface area contributed by atoms with Crippen molar-refractivity contribution in [3.05, 3.63) is 24.4 Å². The highest BCUT2D eigenvalue weighted by Crippen LogP contribution is 2.37. The Morgan fingerprint density at radius 3 is 3.00 bits per heavy atom. The highest BCUT2D eigenvalue weighted by molar-refractivity contribution is 5.43. The van der Waals surface area contributed by atoms with Gasteiger partial charge >= 0.3 is 0 Å². The van der Waals surface area contributed by atoms with E-state index in [9.17, 15) is 0 Å². The van der Waals surface area contributed by atoms with Crippen molar-refractivity contribution in [1.82, 2.24) is 14.6 Å². The van der Waals surface area contributed by atoms with Gasteiger partial charge in [0, 0.05) is 12.2 Å². The number of hydrogen-bond acceptors (Lipinski definition) is 3. The molecular weight excluding hydrogens is 212 g/mol. The van der Waals surface area contributed by atoms with Gasteiger partial charge in [-0.25, -0.2) is 4.52 Å². The summed E-state index contributed by atoms with van der Waals surface area (Å²) in [6.07, 6.45) is 5.61. The van der Waals surface area contributed by atoms with E-state index in [1.165, 1.54) is 19.3 Å². The van der Waals surface area contributed by atoms with Crippen molar-refractivity contribution in [3.8, 4) is 0 Å². The van der Waals surface area contributed by atoms with Crippen LogP contribution in [0.3, 0.4) is 0 Å². The Balaban J connectivity index is 1.77. The molecule has 2 aromatic heterocycles. The molecule has 0 spiro atoms. The molecule has 0 aromatic carbocycles. The van der Waals surface area contributed by atoms with E-state index in [1.807, 2.05) is 28.9 Å². The van der Waals surface area contributed by atoms with E-state index in [-0.39, 0.29) is 0 Å². The molecule has 1 fully saturated rings. The van der Waals surface area contributed by atoms with Gasteiger partial charge in [0.25, 0.3) is 0 Å². The molecule has 1 aliphatic carbocycles. The molecule has 0 saturated heterocycles. The summed E-state index contributed by atoms with van der Waals surface area (Å²) >= 11 is 0. The van der Waals surface area contributed by atoms with E-state index in [0.717, 1.165) is 11.6 Å². The van der Waals surface area contributed by atoms with Crippen molar-refractivity contribution >= 4 is 11.6 Å². The van der Waals surface area contributed by atoms with Crippen molar-refractivity contribution in [1.29, 1.82) is 0 Å². The number of pyridine rings is 1. The van der Waals surface area contributed by atoms with Crippen LogP contribution in [-0.2, 0) is 0 Å². The minimum atomic E-state index is 0.455. The molecule has 1 saturated carbocycles. The fourth-order valence-electron chi connectivity index (χ4n) is 2.63. The van der Waals surface area contributed by atoms with Gasteiger partial charge in [-0.1, -0.05) is 19.9 Å². The lowest BCUT2D eigenvalue weighted by Crippen LogP contribution is -2.18. The third kappa shape index (κ3) is 2.12. The molecule has 4 nitrogen and oxygen atoms in total. The molecule has 0 radical (unpaired) electrons. The number of anilines is 1. The Kier molecular flexibility index (Phi) is 2.31. The van der Waals surface area contributed by atoms with Crippen LogP contribution in [0.4, 0.5) is 5.95 Å². The smallest absolute Gasteiger partial charge is 0.243 e. The van der Waals surface area contributed by atoms with Crippen molar-refractivity contribution < 1.29 is 0 Å². The monoisotopic (exact) mass is 230 g/mol. The van der Waals surface area contributed by atoms with Gasteiger partial charge in [-0.2, -0.15) is 4.98 Å². The Bertz CT molecular complexity index is 496. The standard InChI is InChI=1S/C13H18N4/c1-13(2)7-6-10(9-13)14-12-15-11-5-3-4-8-17(11)16-12/h3-5,8,10H,6-7,9H2,1-2H3,(H,14,16). The average Bonchev–Trinajstić information content (AvgIpc) is 2.81. The van der Waals surface area contributed by atoms with Gasteiger partial charge in [-0.05, 0) is 36.8 Å². The molecule has 0 aliphatic heterocycles. The largest absolute Gasteiger partial charge is 0.350 e. The van der Waals surface area contributed by atoms with E-state index < -0.39 is 0 Å². The van der Waals surface area contributed by atoms with Crippen LogP contribution >= 0.6 is 0 Å². The van der Waals surface area contributed by atoms with Crippen LogP contribution in [0.1, 0.15) is 33.1 Å². The topological polar surface area (TPSA) is 42.2 Å². The molecule has 1 atom stereocenters. The fourth-order valence-corrected chi connectivity index (χ4v) is 2.63. The summed E-state index contributed by atoms with van der Waals surface area (Å²) in [6, 6.07) is 6.43. The number of rotatable bonds is 2. The molecule has 3 rings (SSSR count). The molecule has 17 heavy (non-hydrogen) atoms. The summed E-state index contributed by atoms with van der Waals surface area (Å²) in [5.41, 5.74) is 1.35. The van der Waals surface area contributed by atoms with Crippen molar-refractivity contribution in [2.45, 2.75) is 39.2 Å². The van der Waals surface area contributed by atoms with Crippen molar-refractivity contribution in [2.24, 2.45) is 5.41 Å². The molecule has 1 aliphatic rings. The van der Waals surface area contributed by atoms with Gasteiger partial charge in [-0.3, -0.25) is 0 Å². The van der Waals surface area contributed by atoms with Crippen molar-refractivity contribution in [2.75, 3.05) is 5.32 Å². The highest BCUT2D eigenvalue weighted by Gasteiger charge is 2.31. The summed E-state index contributed by atoms with van der Waals surface area (Å²) in [4.78, 5) is 4.46. The van der Waals surface area contributed by atoms with Crippen LogP contribution in [0.15, 0.2) is 24.4 Å². The molecular formula is C13H18N4. The Morgan fingerprint density at radius 1 is 1.41 bits per heavy atom. The van der Waals surface area contributed by atoms with E-state index in [2.05, 4.69) is 29.2 Å². The van der Waals surface area contributed by atoms with E-state index >= 15 is 0 Å². The summed E-state index contributed by atoms with van der Waals surface area (Å²) in [5, 5.41) is 7.86. The van der Waals surface area contributed by atoms with Gasteiger partial charge in [0.05, 0.1) is 0 Å². The van der Waals surface area contributed by atoms with Crippen LogP contribution in [0, 0.1) is 5.41 Å². The van der Waals surface area contributed by atoms with Gasteiger partial charge in [-0.15, -0.1) is 5.10 Å². The summed E-state index contributed by atoms with van der Waals surface area (Å²) in [7, 11) is 0. The zero-order valence-corrected chi connectivity index (χ0v) is 10.3. The Morgan fingerprint density at radius 2 is 2.29 bits per heavy atom. The first-order valence-corrected chi connectivity index (χ1v) is 6.20. The first-order valence-electron chi connectivity index (χ1n) is 6.20. The van der Waals surface area contributed by atoms with E-state index in [1.54, 1.807) is 0 Å². The maximum absolute atomic E-state index is 4.46. The van der Waals surface area contributed by atoms with Gasteiger partial charge in [0.15, 0.2) is 5.65 Å². The molecule has 4 heteroatoms. The number of nitrogens with zero attached hydrogens (tertiary/aromatic N) is 3. The second-order valence-electron chi connectivity index (χ2n) is 5.69. The summed E-state index contributed by atoms with van der Waals surface area (Å²) in [6.45, 7) is 4.65. The predicted octanol–water partition coefficient (Wildman–Crippen LogP) is 2.72. The second-order valence-corrected chi connectivity index (χ2v) is 5.69. The number of fused-ring (bicyclic) bond motifs is 1. The number of nitrogens with one attached hydrogen (secondary N) is 1. The second kappa shape index (κ2) is 3.72.